The van der Waals surface area contributed by atoms with Gasteiger partial charge in [-0.2, -0.15) is 0 Å². The van der Waals surface area contributed by atoms with E-state index in [0.717, 1.165) is 43.8 Å². The summed E-state index contributed by atoms with van der Waals surface area (Å²) < 4.78 is 5.28. The first-order valence-electron chi connectivity index (χ1n) is 9.09. The molecule has 5 heteroatoms. The molecular formula is C19H29N3O2. The molecule has 2 aliphatic rings. The number of carbonyl (C=O) groups excluding carboxylic acids is 1. The van der Waals surface area contributed by atoms with Gasteiger partial charge in [-0.05, 0) is 63.4 Å². The molecule has 24 heavy (non-hydrogen) atoms. The topological polar surface area (TPSA) is 44.8 Å². The zero-order valence-electron chi connectivity index (χ0n) is 14.8. The lowest BCUT2D eigenvalue weighted by molar-refractivity contribution is 0.184. The molecule has 0 spiro atoms. The van der Waals surface area contributed by atoms with E-state index >= 15 is 0 Å². The second kappa shape index (κ2) is 7.88. The van der Waals surface area contributed by atoms with Crippen molar-refractivity contribution in [1.29, 1.82) is 0 Å². The fourth-order valence-electron chi connectivity index (χ4n) is 3.37. The molecule has 3 rings (SSSR count). The Balaban J connectivity index is 1.55. The number of ether oxygens (including phenoxy) is 1. The summed E-state index contributed by atoms with van der Waals surface area (Å²) in [6.45, 7) is 5.89. The molecule has 1 atom stereocenters. The van der Waals surface area contributed by atoms with Gasteiger partial charge in [-0.1, -0.05) is 12.1 Å². The molecule has 5 nitrogen and oxygen atoms in total. The summed E-state index contributed by atoms with van der Waals surface area (Å²) in [6, 6.07) is 8.84. The molecule has 132 valence electrons. The Kier molecular flexibility index (Phi) is 5.61. The van der Waals surface area contributed by atoms with Crippen molar-refractivity contribution in [2.75, 3.05) is 26.7 Å². The van der Waals surface area contributed by atoms with E-state index in [9.17, 15) is 4.79 Å². The Labute approximate surface area is 145 Å². The first-order valence-corrected chi connectivity index (χ1v) is 9.09. The van der Waals surface area contributed by atoms with Gasteiger partial charge in [-0.3, -0.25) is 4.90 Å². The molecule has 0 bridgehead atoms. The van der Waals surface area contributed by atoms with Crippen LogP contribution < -0.4 is 10.1 Å². The Bertz CT molecular complexity index is 553. The summed E-state index contributed by atoms with van der Waals surface area (Å²) in [6.07, 6.45) is 4.78. The molecule has 1 saturated heterocycles. The van der Waals surface area contributed by atoms with Gasteiger partial charge in [0.05, 0.1) is 7.11 Å². The van der Waals surface area contributed by atoms with E-state index in [-0.39, 0.29) is 6.03 Å². The van der Waals surface area contributed by atoms with Crippen molar-refractivity contribution >= 4 is 6.03 Å². The molecule has 2 fully saturated rings. The van der Waals surface area contributed by atoms with E-state index in [1.807, 2.05) is 23.1 Å². The van der Waals surface area contributed by atoms with Gasteiger partial charge in [0.15, 0.2) is 0 Å². The van der Waals surface area contributed by atoms with Crippen LogP contribution in [0.25, 0.3) is 0 Å². The zero-order valence-corrected chi connectivity index (χ0v) is 14.8. The van der Waals surface area contributed by atoms with Crippen LogP contribution >= 0.6 is 0 Å². The second-order valence-electron chi connectivity index (χ2n) is 6.99. The van der Waals surface area contributed by atoms with Crippen molar-refractivity contribution in [2.24, 2.45) is 0 Å². The molecule has 1 N–H and O–H groups in total. The number of likely N-dealkylation sites (tertiary alicyclic amines) is 1. The number of rotatable bonds is 7. The summed E-state index contributed by atoms with van der Waals surface area (Å²) >= 11 is 0. The number of amides is 2. The van der Waals surface area contributed by atoms with Gasteiger partial charge in [0.1, 0.15) is 5.75 Å². The Morgan fingerprint density at radius 2 is 2.12 bits per heavy atom. The van der Waals surface area contributed by atoms with Crippen LogP contribution in [0.1, 0.15) is 38.2 Å². The smallest absolute Gasteiger partial charge is 0.318 e. The maximum atomic E-state index is 12.7. The van der Waals surface area contributed by atoms with Crippen molar-refractivity contribution in [3.63, 3.8) is 0 Å². The minimum absolute atomic E-state index is 0.0615. The van der Waals surface area contributed by atoms with Gasteiger partial charge >= 0.3 is 6.03 Å². The van der Waals surface area contributed by atoms with E-state index in [2.05, 4.69) is 23.2 Å². The lowest BCUT2D eigenvalue weighted by atomic mass is 10.2. The summed E-state index contributed by atoms with van der Waals surface area (Å²) in [5.74, 6) is 0.839. The summed E-state index contributed by atoms with van der Waals surface area (Å²) in [5.41, 5.74) is 1.11. The summed E-state index contributed by atoms with van der Waals surface area (Å²) in [4.78, 5) is 17.1. The average molecular weight is 331 g/mol. The maximum Gasteiger partial charge on any atom is 0.318 e. The Hall–Kier alpha value is -1.75. The minimum atomic E-state index is 0.0615. The van der Waals surface area contributed by atoms with Crippen LogP contribution in [-0.2, 0) is 6.54 Å². The highest BCUT2D eigenvalue weighted by Gasteiger charge is 2.33. The van der Waals surface area contributed by atoms with Crippen LogP contribution in [0, 0.1) is 0 Å². The van der Waals surface area contributed by atoms with Crippen LogP contribution in [0.4, 0.5) is 4.79 Å². The lowest BCUT2D eigenvalue weighted by Gasteiger charge is -2.27. The normalized spacial score (nSPS) is 19.1. The third kappa shape index (κ3) is 4.41. The van der Waals surface area contributed by atoms with Crippen LogP contribution in [0.2, 0.25) is 0 Å². The number of hydrogen-bond donors (Lipinski definition) is 1. The van der Waals surface area contributed by atoms with Gasteiger partial charge in [0, 0.05) is 25.2 Å². The number of urea groups is 1. The van der Waals surface area contributed by atoms with Gasteiger partial charge in [0.25, 0.3) is 0 Å². The van der Waals surface area contributed by atoms with Gasteiger partial charge in [0.2, 0.25) is 0 Å². The van der Waals surface area contributed by atoms with E-state index in [4.69, 9.17) is 4.74 Å². The summed E-state index contributed by atoms with van der Waals surface area (Å²) in [7, 11) is 1.67. The van der Waals surface area contributed by atoms with E-state index < -0.39 is 0 Å². The number of nitrogens with one attached hydrogen (secondary N) is 1. The highest BCUT2D eigenvalue weighted by atomic mass is 16.5. The number of nitrogens with zero attached hydrogens (tertiary/aromatic N) is 2. The lowest BCUT2D eigenvalue weighted by Crippen LogP contribution is -2.46. The van der Waals surface area contributed by atoms with Crippen LogP contribution in [0.15, 0.2) is 24.3 Å². The standard InChI is InChI=1S/C19H29N3O2/c1-15(21-10-3-4-11-21)13-20-19(23)22(17-8-9-17)14-16-6-5-7-18(12-16)24-2/h5-7,12,15,17H,3-4,8-11,13-14H2,1-2H3,(H,20,23)/t15-/m1/s1. The van der Waals surface area contributed by atoms with Crippen molar-refractivity contribution in [3.05, 3.63) is 29.8 Å². The molecule has 1 aliphatic carbocycles. The van der Waals surface area contributed by atoms with Crippen LogP contribution in [0.5, 0.6) is 5.75 Å². The largest absolute Gasteiger partial charge is 0.497 e. The molecular weight excluding hydrogens is 302 g/mol. The highest BCUT2D eigenvalue weighted by molar-refractivity contribution is 5.75. The summed E-state index contributed by atoms with van der Waals surface area (Å²) in [5, 5.41) is 3.14. The quantitative estimate of drug-likeness (QED) is 0.835. The van der Waals surface area contributed by atoms with Crippen molar-refractivity contribution in [1.82, 2.24) is 15.1 Å². The predicted molar refractivity (Wildman–Crippen MR) is 95.2 cm³/mol. The van der Waals surface area contributed by atoms with Gasteiger partial charge in [-0.25, -0.2) is 4.79 Å². The predicted octanol–water partition coefficient (Wildman–Crippen LogP) is 2.85. The number of methoxy groups -OCH3 is 1. The second-order valence-corrected chi connectivity index (χ2v) is 6.99. The maximum absolute atomic E-state index is 12.7. The number of benzene rings is 1. The number of hydrogen-bond acceptors (Lipinski definition) is 3. The molecule has 1 aliphatic heterocycles. The minimum Gasteiger partial charge on any atom is -0.497 e. The molecule has 1 saturated carbocycles. The Morgan fingerprint density at radius 1 is 1.38 bits per heavy atom. The fourth-order valence-corrected chi connectivity index (χ4v) is 3.37. The third-order valence-corrected chi connectivity index (χ3v) is 5.05. The molecule has 0 aromatic heterocycles. The van der Waals surface area contributed by atoms with E-state index in [1.54, 1.807) is 7.11 Å². The molecule has 1 aromatic carbocycles. The highest BCUT2D eigenvalue weighted by Crippen LogP contribution is 2.29. The Morgan fingerprint density at radius 3 is 2.79 bits per heavy atom. The molecule has 0 radical (unpaired) electrons. The molecule has 0 unspecified atom stereocenters. The SMILES string of the molecule is COc1cccc(CN(C(=O)NC[C@@H](C)N2CCCC2)C2CC2)c1. The van der Waals surface area contributed by atoms with E-state index in [1.165, 1.54) is 12.8 Å². The van der Waals surface area contributed by atoms with Crippen LogP contribution in [0.3, 0.4) is 0 Å². The van der Waals surface area contributed by atoms with Crippen LogP contribution in [-0.4, -0.2) is 54.7 Å². The molecule has 1 heterocycles. The molecule has 1 aromatic rings. The van der Waals surface area contributed by atoms with E-state index in [0.29, 0.717) is 18.6 Å². The van der Waals surface area contributed by atoms with Crippen molar-refractivity contribution in [2.45, 2.75) is 51.2 Å². The number of carbonyl (C=O) groups is 1. The average Bonchev–Trinajstić information content (AvgIpc) is 3.30. The monoisotopic (exact) mass is 331 g/mol. The van der Waals surface area contributed by atoms with Gasteiger partial charge in [-0.15, -0.1) is 0 Å². The van der Waals surface area contributed by atoms with Crippen molar-refractivity contribution in [3.8, 4) is 5.75 Å². The third-order valence-electron chi connectivity index (χ3n) is 5.05. The first kappa shape index (κ1) is 17.1. The zero-order chi connectivity index (χ0) is 16.9. The fraction of sp³-hybridized carbons (Fsp3) is 0.632. The molecule has 2 amide bonds. The first-order chi connectivity index (χ1) is 11.7. The van der Waals surface area contributed by atoms with Gasteiger partial charge < -0.3 is 15.0 Å². The van der Waals surface area contributed by atoms with Crippen molar-refractivity contribution < 1.29 is 9.53 Å².